The highest BCUT2D eigenvalue weighted by atomic mass is 16.1. The Balaban J connectivity index is 0. The predicted molar refractivity (Wildman–Crippen MR) is 64.7 cm³/mol. The Morgan fingerprint density at radius 3 is 2.33 bits per heavy atom. The van der Waals surface area contributed by atoms with Crippen LogP contribution in [0.25, 0.3) is 0 Å². The van der Waals surface area contributed by atoms with E-state index in [0.717, 1.165) is 5.56 Å². The second kappa shape index (κ2) is 12.6. The van der Waals surface area contributed by atoms with Gasteiger partial charge in [0.15, 0.2) is 0 Å². The van der Waals surface area contributed by atoms with Gasteiger partial charge in [-0.1, -0.05) is 33.8 Å². The van der Waals surface area contributed by atoms with Gasteiger partial charge in [-0.05, 0) is 11.6 Å². The number of hydrogen-bond acceptors (Lipinski definition) is 2. The van der Waals surface area contributed by atoms with E-state index in [1.165, 1.54) is 0 Å². The number of aromatic nitrogens is 1. The largest absolute Gasteiger partial charge is 0.359 e. The molecule has 1 aromatic heterocycles. The maximum atomic E-state index is 10.8. The average molecular weight is 210 g/mol. The van der Waals surface area contributed by atoms with Gasteiger partial charge in [0.05, 0.1) is 6.42 Å². The van der Waals surface area contributed by atoms with Crippen LogP contribution in [0.2, 0.25) is 0 Å². The Hall–Kier alpha value is -1.38. The van der Waals surface area contributed by atoms with Gasteiger partial charge in [0, 0.05) is 19.4 Å². The van der Waals surface area contributed by atoms with Gasteiger partial charge in [0.25, 0.3) is 0 Å². The lowest BCUT2D eigenvalue weighted by Gasteiger charge is -1.97. The van der Waals surface area contributed by atoms with E-state index in [9.17, 15) is 4.79 Å². The number of amides is 1. The number of hydrogen-bond donors (Lipinski definition) is 1. The summed E-state index contributed by atoms with van der Waals surface area (Å²) < 4.78 is 0. The number of pyridine rings is 1. The van der Waals surface area contributed by atoms with Crippen LogP contribution in [-0.2, 0) is 11.2 Å². The Morgan fingerprint density at radius 1 is 1.33 bits per heavy atom. The minimum Gasteiger partial charge on any atom is -0.359 e. The maximum absolute atomic E-state index is 10.8. The van der Waals surface area contributed by atoms with Crippen molar-refractivity contribution in [3.63, 3.8) is 0 Å². The summed E-state index contributed by atoms with van der Waals surface area (Å²) in [5, 5.41) is 2.55. The van der Waals surface area contributed by atoms with Gasteiger partial charge in [0.1, 0.15) is 0 Å². The highest BCUT2D eigenvalue weighted by molar-refractivity contribution is 5.78. The van der Waals surface area contributed by atoms with Crippen molar-refractivity contribution in [3.05, 3.63) is 30.1 Å². The van der Waals surface area contributed by atoms with Crippen molar-refractivity contribution in [1.29, 1.82) is 0 Å². The standard InChI is InChI=1S/C8H10N2O.2C2H6/c1-9-8(11)5-7-3-2-4-10-6-7;2*1-2/h2-4,6H,5H2,1H3,(H,9,11);2*1-2H3. The highest BCUT2D eigenvalue weighted by Gasteiger charge is 1.98. The fourth-order valence-electron chi connectivity index (χ4n) is 0.776. The van der Waals surface area contributed by atoms with E-state index in [-0.39, 0.29) is 5.91 Å². The van der Waals surface area contributed by atoms with Crippen molar-refractivity contribution in [2.24, 2.45) is 0 Å². The van der Waals surface area contributed by atoms with Crippen LogP contribution in [-0.4, -0.2) is 17.9 Å². The van der Waals surface area contributed by atoms with Gasteiger partial charge in [-0.3, -0.25) is 9.78 Å². The van der Waals surface area contributed by atoms with Crippen LogP contribution in [0.3, 0.4) is 0 Å². The molecule has 0 saturated carbocycles. The van der Waals surface area contributed by atoms with Crippen LogP contribution in [0.1, 0.15) is 33.3 Å². The van der Waals surface area contributed by atoms with Gasteiger partial charge < -0.3 is 5.32 Å². The fraction of sp³-hybridized carbons (Fsp3) is 0.500. The molecule has 1 aromatic rings. The van der Waals surface area contributed by atoms with Crippen molar-refractivity contribution in [1.82, 2.24) is 10.3 Å². The molecule has 0 bridgehead atoms. The van der Waals surface area contributed by atoms with Crippen molar-refractivity contribution in [2.75, 3.05) is 7.05 Å². The zero-order chi connectivity index (χ0) is 12.1. The SMILES string of the molecule is CC.CC.CNC(=O)Cc1cccnc1. The number of nitrogens with one attached hydrogen (secondary N) is 1. The number of carbonyl (C=O) groups is 1. The molecule has 0 aliphatic carbocycles. The molecule has 0 saturated heterocycles. The van der Waals surface area contributed by atoms with E-state index in [1.54, 1.807) is 19.4 Å². The summed E-state index contributed by atoms with van der Waals surface area (Å²) in [5.41, 5.74) is 0.937. The Labute approximate surface area is 92.9 Å². The Morgan fingerprint density at radius 2 is 1.93 bits per heavy atom. The van der Waals surface area contributed by atoms with E-state index in [0.29, 0.717) is 6.42 Å². The monoisotopic (exact) mass is 210 g/mol. The average Bonchev–Trinajstić information content (AvgIpc) is 2.35. The van der Waals surface area contributed by atoms with Gasteiger partial charge in [-0.2, -0.15) is 0 Å². The van der Waals surface area contributed by atoms with E-state index in [2.05, 4.69) is 10.3 Å². The molecular weight excluding hydrogens is 188 g/mol. The lowest BCUT2D eigenvalue weighted by atomic mass is 10.2. The molecule has 15 heavy (non-hydrogen) atoms. The predicted octanol–water partition coefficient (Wildman–Crippen LogP) is 2.42. The van der Waals surface area contributed by atoms with Crippen LogP contribution in [0.15, 0.2) is 24.5 Å². The zero-order valence-electron chi connectivity index (χ0n) is 10.4. The molecule has 1 heterocycles. The third kappa shape index (κ3) is 8.94. The summed E-state index contributed by atoms with van der Waals surface area (Å²) in [4.78, 5) is 14.7. The maximum Gasteiger partial charge on any atom is 0.224 e. The van der Waals surface area contributed by atoms with Crippen LogP contribution >= 0.6 is 0 Å². The third-order valence-electron chi connectivity index (χ3n) is 1.37. The lowest BCUT2D eigenvalue weighted by Crippen LogP contribution is -2.19. The summed E-state index contributed by atoms with van der Waals surface area (Å²) in [7, 11) is 1.62. The first-order valence-corrected chi connectivity index (χ1v) is 5.42. The topological polar surface area (TPSA) is 42.0 Å². The molecule has 0 atom stereocenters. The molecule has 86 valence electrons. The number of likely N-dealkylation sites (N-methyl/N-ethyl adjacent to an activating group) is 1. The van der Waals surface area contributed by atoms with Crippen molar-refractivity contribution in [3.8, 4) is 0 Å². The highest BCUT2D eigenvalue weighted by Crippen LogP contribution is 1.95. The molecule has 1 N–H and O–H groups in total. The lowest BCUT2D eigenvalue weighted by molar-refractivity contribution is -0.119. The molecule has 0 aromatic carbocycles. The van der Waals surface area contributed by atoms with E-state index < -0.39 is 0 Å². The fourth-order valence-corrected chi connectivity index (χ4v) is 0.776. The molecule has 0 fully saturated rings. The molecule has 0 aliphatic heterocycles. The first-order valence-electron chi connectivity index (χ1n) is 5.42. The normalized spacial score (nSPS) is 7.53. The minimum atomic E-state index is 0.0120. The van der Waals surface area contributed by atoms with Crippen molar-refractivity contribution >= 4 is 5.91 Å². The zero-order valence-corrected chi connectivity index (χ0v) is 10.4. The number of rotatable bonds is 2. The number of carbonyl (C=O) groups excluding carboxylic acids is 1. The molecule has 3 nitrogen and oxygen atoms in total. The van der Waals surface area contributed by atoms with Crippen molar-refractivity contribution in [2.45, 2.75) is 34.1 Å². The molecule has 0 radical (unpaired) electrons. The van der Waals surface area contributed by atoms with E-state index >= 15 is 0 Å². The summed E-state index contributed by atoms with van der Waals surface area (Å²) in [6, 6.07) is 3.69. The molecule has 1 rings (SSSR count). The molecule has 3 heteroatoms. The summed E-state index contributed by atoms with van der Waals surface area (Å²) in [5.74, 6) is 0.0120. The molecule has 0 unspecified atom stereocenters. The second-order valence-corrected chi connectivity index (χ2v) is 2.21. The Bertz CT molecular complexity index is 235. The smallest absolute Gasteiger partial charge is 0.224 e. The van der Waals surface area contributed by atoms with Gasteiger partial charge in [0.2, 0.25) is 5.91 Å². The summed E-state index contributed by atoms with van der Waals surface area (Å²) in [6.07, 6.45) is 3.78. The van der Waals surface area contributed by atoms with Gasteiger partial charge in [-0.15, -0.1) is 0 Å². The van der Waals surface area contributed by atoms with Crippen LogP contribution in [0.4, 0.5) is 0 Å². The number of nitrogens with zero attached hydrogens (tertiary/aromatic N) is 1. The van der Waals surface area contributed by atoms with E-state index in [4.69, 9.17) is 0 Å². The quantitative estimate of drug-likeness (QED) is 0.814. The van der Waals surface area contributed by atoms with Crippen LogP contribution in [0, 0.1) is 0 Å². The summed E-state index contributed by atoms with van der Waals surface area (Å²) in [6.45, 7) is 8.00. The molecule has 0 spiro atoms. The molecular formula is C12H22N2O. The first-order chi connectivity index (χ1) is 7.33. The van der Waals surface area contributed by atoms with E-state index in [1.807, 2.05) is 39.8 Å². The molecule has 1 amide bonds. The summed E-state index contributed by atoms with van der Waals surface area (Å²) >= 11 is 0. The van der Waals surface area contributed by atoms with Crippen molar-refractivity contribution < 1.29 is 4.79 Å². The third-order valence-corrected chi connectivity index (χ3v) is 1.37. The van der Waals surface area contributed by atoms with Crippen LogP contribution < -0.4 is 5.32 Å². The Kier molecular flexibility index (Phi) is 13.5. The first kappa shape index (κ1) is 16.1. The minimum absolute atomic E-state index is 0.0120. The molecule has 0 aliphatic rings. The van der Waals surface area contributed by atoms with Gasteiger partial charge in [-0.25, -0.2) is 0 Å². The van der Waals surface area contributed by atoms with Crippen LogP contribution in [0.5, 0.6) is 0 Å². The van der Waals surface area contributed by atoms with Gasteiger partial charge >= 0.3 is 0 Å². The second-order valence-electron chi connectivity index (χ2n) is 2.21.